The van der Waals surface area contributed by atoms with Crippen LogP contribution in [0.1, 0.15) is 30.7 Å². The molecule has 1 saturated heterocycles. The second-order valence-electron chi connectivity index (χ2n) is 6.61. The van der Waals surface area contributed by atoms with E-state index in [4.69, 9.17) is 0 Å². The summed E-state index contributed by atoms with van der Waals surface area (Å²) in [5.41, 5.74) is -0.598. The summed E-state index contributed by atoms with van der Waals surface area (Å²) in [4.78, 5) is 14.4. The van der Waals surface area contributed by atoms with Crippen molar-refractivity contribution in [1.82, 2.24) is 20.4 Å². The summed E-state index contributed by atoms with van der Waals surface area (Å²) in [7, 11) is 0. The van der Waals surface area contributed by atoms with Crippen molar-refractivity contribution in [2.45, 2.75) is 31.3 Å². The summed E-state index contributed by atoms with van der Waals surface area (Å²) in [5.74, 6) is 0.0580. The van der Waals surface area contributed by atoms with Crippen molar-refractivity contribution in [2.24, 2.45) is 0 Å². The van der Waals surface area contributed by atoms with Gasteiger partial charge in [-0.05, 0) is 56.4 Å². The van der Waals surface area contributed by atoms with E-state index in [1.165, 1.54) is 15.0 Å². The highest BCUT2D eigenvalue weighted by Gasteiger charge is 2.42. The van der Waals surface area contributed by atoms with Crippen molar-refractivity contribution in [2.75, 3.05) is 13.1 Å². The molecule has 1 atom stereocenters. The van der Waals surface area contributed by atoms with Crippen molar-refractivity contribution in [3.05, 3.63) is 53.7 Å². The van der Waals surface area contributed by atoms with Crippen molar-refractivity contribution in [3.63, 3.8) is 0 Å². The van der Waals surface area contributed by atoms with E-state index in [2.05, 4.69) is 40.9 Å². The van der Waals surface area contributed by atoms with E-state index in [1.807, 2.05) is 29.1 Å². The average molecular weight is 391 g/mol. The Bertz CT molecular complexity index is 838. The number of piperidine rings is 1. The van der Waals surface area contributed by atoms with Crippen LogP contribution in [0, 0.1) is 0 Å². The van der Waals surface area contributed by atoms with E-state index >= 15 is 0 Å². The molecule has 5 nitrogen and oxygen atoms in total. The SMILES string of the molecule is CC(NC(=O)C1(n2cccn2)CCNCC1)c1cc2ccccc2s1.Cl. The monoisotopic (exact) mass is 390 g/mol. The Morgan fingerprint density at radius 3 is 2.77 bits per heavy atom. The molecule has 1 fully saturated rings. The van der Waals surface area contributed by atoms with Crippen LogP contribution in [-0.4, -0.2) is 28.8 Å². The molecule has 3 aromatic rings. The molecule has 1 aromatic carbocycles. The van der Waals surface area contributed by atoms with Crippen LogP contribution in [0.2, 0.25) is 0 Å². The highest BCUT2D eigenvalue weighted by atomic mass is 35.5. The predicted octanol–water partition coefficient (Wildman–Crippen LogP) is 3.48. The van der Waals surface area contributed by atoms with Crippen LogP contribution in [-0.2, 0) is 10.3 Å². The first kappa shape index (κ1) is 18.9. The van der Waals surface area contributed by atoms with Gasteiger partial charge in [-0.15, -0.1) is 23.7 Å². The van der Waals surface area contributed by atoms with Crippen molar-refractivity contribution < 1.29 is 4.79 Å². The molecule has 0 bridgehead atoms. The first-order valence-corrected chi connectivity index (χ1v) is 9.51. The molecule has 138 valence electrons. The number of nitrogens with zero attached hydrogens (tertiary/aromatic N) is 2. The summed E-state index contributed by atoms with van der Waals surface area (Å²) in [6.07, 6.45) is 5.14. The summed E-state index contributed by atoms with van der Waals surface area (Å²) in [5, 5.41) is 12.2. The van der Waals surface area contributed by atoms with E-state index < -0.39 is 5.54 Å². The molecule has 1 aliphatic rings. The van der Waals surface area contributed by atoms with Gasteiger partial charge in [-0.3, -0.25) is 9.48 Å². The van der Waals surface area contributed by atoms with Gasteiger partial charge in [-0.1, -0.05) is 18.2 Å². The van der Waals surface area contributed by atoms with Gasteiger partial charge in [0, 0.05) is 22.0 Å². The number of hydrogen-bond acceptors (Lipinski definition) is 4. The van der Waals surface area contributed by atoms with Gasteiger partial charge in [0.05, 0.1) is 6.04 Å². The Morgan fingerprint density at radius 2 is 2.08 bits per heavy atom. The Hall–Kier alpha value is -1.89. The summed E-state index contributed by atoms with van der Waals surface area (Å²) < 4.78 is 3.09. The third kappa shape index (κ3) is 3.37. The third-order valence-electron chi connectivity index (χ3n) is 5.02. The lowest BCUT2D eigenvalue weighted by molar-refractivity contribution is -0.132. The molecule has 0 aliphatic carbocycles. The quantitative estimate of drug-likeness (QED) is 0.717. The highest BCUT2D eigenvalue weighted by Crippen LogP contribution is 2.32. The number of carbonyl (C=O) groups is 1. The largest absolute Gasteiger partial charge is 0.347 e. The molecule has 26 heavy (non-hydrogen) atoms. The minimum absolute atomic E-state index is 0. The first-order chi connectivity index (χ1) is 12.2. The summed E-state index contributed by atoms with van der Waals surface area (Å²) in [6, 6.07) is 12.4. The number of thiophene rings is 1. The zero-order valence-electron chi connectivity index (χ0n) is 14.6. The molecule has 2 N–H and O–H groups in total. The second-order valence-corrected chi connectivity index (χ2v) is 7.73. The maximum Gasteiger partial charge on any atom is 0.248 e. The Kier molecular flexibility index (Phi) is 5.65. The Labute approximate surface area is 163 Å². The number of benzene rings is 1. The van der Waals surface area contributed by atoms with Crippen LogP contribution in [0.4, 0.5) is 0 Å². The molecule has 0 spiro atoms. The van der Waals surface area contributed by atoms with E-state index in [0.717, 1.165) is 25.9 Å². The van der Waals surface area contributed by atoms with Crippen LogP contribution in [0.3, 0.4) is 0 Å². The van der Waals surface area contributed by atoms with Crippen LogP contribution in [0.15, 0.2) is 48.8 Å². The molecule has 0 radical (unpaired) electrons. The van der Waals surface area contributed by atoms with Gasteiger partial charge in [0.25, 0.3) is 0 Å². The standard InChI is InChI=1S/C19H22N4OS.ClH/c1-14(17-13-15-5-2-3-6-16(15)25-17)22-18(24)19(7-10-20-11-8-19)23-12-4-9-21-23;/h2-6,9,12-14,20H,7-8,10-11H2,1H3,(H,22,24);1H. The maximum atomic E-state index is 13.2. The number of halogens is 1. The Balaban J connectivity index is 0.00000196. The summed E-state index contributed by atoms with van der Waals surface area (Å²) >= 11 is 1.74. The van der Waals surface area contributed by atoms with Crippen LogP contribution in [0.25, 0.3) is 10.1 Å². The minimum atomic E-state index is -0.598. The summed E-state index contributed by atoms with van der Waals surface area (Å²) in [6.45, 7) is 3.70. The van der Waals surface area contributed by atoms with Crippen molar-refractivity contribution in [3.8, 4) is 0 Å². The van der Waals surface area contributed by atoms with Gasteiger partial charge in [-0.25, -0.2) is 0 Å². The number of nitrogens with one attached hydrogen (secondary N) is 2. The smallest absolute Gasteiger partial charge is 0.248 e. The van der Waals surface area contributed by atoms with Gasteiger partial charge in [-0.2, -0.15) is 5.10 Å². The van der Waals surface area contributed by atoms with Crippen molar-refractivity contribution >= 4 is 39.7 Å². The molecular formula is C19H23ClN4OS. The van der Waals surface area contributed by atoms with Crippen LogP contribution in [0.5, 0.6) is 0 Å². The number of rotatable bonds is 4. The zero-order chi connectivity index (χ0) is 17.3. The fourth-order valence-corrected chi connectivity index (χ4v) is 4.61. The van der Waals surface area contributed by atoms with Gasteiger partial charge in [0.15, 0.2) is 0 Å². The molecule has 7 heteroatoms. The topological polar surface area (TPSA) is 59.0 Å². The molecule has 1 aliphatic heterocycles. The lowest BCUT2D eigenvalue weighted by atomic mass is 9.87. The lowest BCUT2D eigenvalue weighted by Crippen LogP contribution is -2.54. The minimum Gasteiger partial charge on any atom is -0.347 e. The molecule has 3 heterocycles. The molecule has 1 amide bonds. The lowest BCUT2D eigenvalue weighted by Gasteiger charge is -2.37. The normalized spacial score (nSPS) is 17.4. The number of hydrogen-bond donors (Lipinski definition) is 2. The predicted molar refractivity (Wildman–Crippen MR) is 108 cm³/mol. The Morgan fingerprint density at radius 1 is 1.31 bits per heavy atom. The number of aromatic nitrogens is 2. The number of carbonyl (C=O) groups excluding carboxylic acids is 1. The second kappa shape index (κ2) is 7.78. The zero-order valence-corrected chi connectivity index (χ0v) is 16.3. The molecular weight excluding hydrogens is 368 g/mol. The van der Waals surface area contributed by atoms with Crippen molar-refractivity contribution in [1.29, 1.82) is 0 Å². The molecule has 0 saturated carbocycles. The van der Waals surface area contributed by atoms with Gasteiger partial charge < -0.3 is 10.6 Å². The van der Waals surface area contributed by atoms with Gasteiger partial charge in [0.2, 0.25) is 5.91 Å². The average Bonchev–Trinajstić information content (AvgIpc) is 3.32. The first-order valence-electron chi connectivity index (χ1n) is 8.69. The molecule has 4 rings (SSSR count). The van der Waals surface area contributed by atoms with Gasteiger partial charge >= 0.3 is 0 Å². The van der Waals surface area contributed by atoms with E-state index in [-0.39, 0.29) is 24.4 Å². The van der Waals surface area contributed by atoms with Crippen LogP contribution >= 0.6 is 23.7 Å². The van der Waals surface area contributed by atoms with Crippen LogP contribution < -0.4 is 10.6 Å². The van der Waals surface area contributed by atoms with E-state index in [9.17, 15) is 4.79 Å². The highest BCUT2D eigenvalue weighted by molar-refractivity contribution is 7.19. The fourth-order valence-electron chi connectivity index (χ4n) is 3.54. The molecule has 1 unspecified atom stereocenters. The number of amides is 1. The third-order valence-corrected chi connectivity index (χ3v) is 6.31. The van der Waals surface area contributed by atoms with Gasteiger partial charge in [0.1, 0.15) is 5.54 Å². The maximum absolute atomic E-state index is 13.2. The van der Waals surface area contributed by atoms with E-state index in [1.54, 1.807) is 17.5 Å². The van der Waals surface area contributed by atoms with E-state index in [0.29, 0.717) is 0 Å². The fraction of sp³-hybridized carbons (Fsp3) is 0.368. The number of fused-ring (bicyclic) bond motifs is 1. The molecule has 2 aromatic heterocycles.